The van der Waals surface area contributed by atoms with Crippen LogP contribution in [0, 0.1) is 5.92 Å². The fourth-order valence-electron chi connectivity index (χ4n) is 2.45. The van der Waals surface area contributed by atoms with Gasteiger partial charge in [0.15, 0.2) is 0 Å². The average Bonchev–Trinajstić information content (AvgIpc) is 2.46. The maximum Gasteiger partial charge on any atom is 0.230 e. The standard InChI is InChI=1S/C17H28N2O2/c1-5-12(6-2)15(20)11-19-16(21)17(3,4)13-7-9-14(18)10-8-13/h7-10,12,15,20H,5-6,11,18H2,1-4H3,(H,19,21). The van der Waals surface area contributed by atoms with Crippen LogP contribution in [-0.4, -0.2) is 23.7 Å². The molecule has 0 aliphatic heterocycles. The zero-order valence-electron chi connectivity index (χ0n) is 13.5. The lowest BCUT2D eigenvalue weighted by Gasteiger charge is -2.26. The van der Waals surface area contributed by atoms with Crippen molar-refractivity contribution in [3.63, 3.8) is 0 Å². The molecule has 0 bridgehead atoms. The normalized spacial score (nSPS) is 13.2. The van der Waals surface area contributed by atoms with Crippen molar-refractivity contribution in [1.82, 2.24) is 5.32 Å². The van der Waals surface area contributed by atoms with Gasteiger partial charge in [0.25, 0.3) is 0 Å². The fraction of sp³-hybridized carbons (Fsp3) is 0.588. The van der Waals surface area contributed by atoms with Gasteiger partial charge in [0.05, 0.1) is 11.5 Å². The average molecular weight is 292 g/mol. The van der Waals surface area contributed by atoms with Gasteiger partial charge in [-0.1, -0.05) is 38.8 Å². The van der Waals surface area contributed by atoms with E-state index in [9.17, 15) is 9.90 Å². The molecule has 1 aromatic rings. The van der Waals surface area contributed by atoms with Crippen molar-refractivity contribution < 1.29 is 9.90 Å². The molecule has 118 valence electrons. The topological polar surface area (TPSA) is 75.3 Å². The Kier molecular flexibility index (Phi) is 6.21. The Morgan fingerprint density at radius 3 is 2.24 bits per heavy atom. The van der Waals surface area contributed by atoms with Crippen molar-refractivity contribution in [3.8, 4) is 0 Å². The molecule has 0 saturated heterocycles. The lowest BCUT2D eigenvalue weighted by Crippen LogP contribution is -2.44. The van der Waals surface area contributed by atoms with Crippen LogP contribution in [0.15, 0.2) is 24.3 Å². The minimum atomic E-state index is -0.651. The van der Waals surface area contributed by atoms with Crippen LogP contribution >= 0.6 is 0 Å². The van der Waals surface area contributed by atoms with Gasteiger partial charge in [0.2, 0.25) is 5.91 Å². The van der Waals surface area contributed by atoms with Gasteiger partial charge >= 0.3 is 0 Å². The fourth-order valence-corrected chi connectivity index (χ4v) is 2.45. The molecule has 21 heavy (non-hydrogen) atoms. The number of rotatable bonds is 7. The number of carbonyl (C=O) groups is 1. The SMILES string of the molecule is CCC(CC)C(O)CNC(=O)C(C)(C)c1ccc(N)cc1. The third-order valence-corrected chi connectivity index (χ3v) is 4.26. The highest BCUT2D eigenvalue weighted by Crippen LogP contribution is 2.24. The summed E-state index contributed by atoms with van der Waals surface area (Å²) in [7, 11) is 0. The number of carbonyl (C=O) groups excluding carboxylic acids is 1. The number of aliphatic hydroxyl groups excluding tert-OH is 1. The Labute approximate surface area is 127 Å². The van der Waals surface area contributed by atoms with Gasteiger partial charge in [0.1, 0.15) is 0 Å². The molecular weight excluding hydrogens is 264 g/mol. The van der Waals surface area contributed by atoms with Gasteiger partial charge in [-0.2, -0.15) is 0 Å². The molecule has 0 heterocycles. The minimum Gasteiger partial charge on any atom is -0.399 e. The summed E-state index contributed by atoms with van der Waals surface area (Å²) in [5, 5.41) is 13.0. The number of nitrogens with one attached hydrogen (secondary N) is 1. The van der Waals surface area contributed by atoms with Crippen LogP contribution in [-0.2, 0) is 10.2 Å². The van der Waals surface area contributed by atoms with Crippen LogP contribution in [0.1, 0.15) is 46.1 Å². The first-order valence-electron chi connectivity index (χ1n) is 7.65. The Balaban J connectivity index is 2.67. The van der Waals surface area contributed by atoms with E-state index >= 15 is 0 Å². The summed E-state index contributed by atoms with van der Waals surface area (Å²) in [5.74, 6) is 0.141. The Hall–Kier alpha value is -1.55. The van der Waals surface area contributed by atoms with Gasteiger partial charge in [-0.05, 0) is 37.5 Å². The molecule has 0 aliphatic rings. The van der Waals surface area contributed by atoms with Gasteiger partial charge in [0, 0.05) is 12.2 Å². The monoisotopic (exact) mass is 292 g/mol. The highest BCUT2D eigenvalue weighted by molar-refractivity contribution is 5.87. The first-order chi connectivity index (χ1) is 9.82. The highest BCUT2D eigenvalue weighted by Gasteiger charge is 2.30. The number of nitrogen functional groups attached to an aromatic ring is 1. The molecule has 1 rings (SSSR count). The van der Waals surface area contributed by atoms with Gasteiger partial charge in [-0.15, -0.1) is 0 Å². The summed E-state index contributed by atoms with van der Waals surface area (Å²) in [6.45, 7) is 8.15. The van der Waals surface area contributed by atoms with Crippen LogP contribution in [0.25, 0.3) is 0 Å². The van der Waals surface area contributed by atoms with E-state index in [0.717, 1.165) is 18.4 Å². The number of aliphatic hydroxyl groups is 1. The van der Waals surface area contributed by atoms with E-state index in [2.05, 4.69) is 19.2 Å². The van der Waals surface area contributed by atoms with Crippen molar-refractivity contribution in [3.05, 3.63) is 29.8 Å². The Bertz CT molecular complexity index is 450. The molecule has 1 aromatic carbocycles. The van der Waals surface area contributed by atoms with E-state index in [4.69, 9.17) is 5.73 Å². The first kappa shape index (κ1) is 17.5. The Morgan fingerprint density at radius 2 is 1.76 bits per heavy atom. The molecule has 0 spiro atoms. The van der Waals surface area contributed by atoms with Crippen LogP contribution in [0.2, 0.25) is 0 Å². The molecule has 0 radical (unpaired) electrons. The van der Waals surface area contributed by atoms with Gasteiger partial charge < -0.3 is 16.2 Å². The molecule has 0 saturated carbocycles. The molecule has 1 amide bonds. The van der Waals surface area contributed by atoms with Gasteiger partial charge in [-0.25, -0.2) is 0 Å². The zero-order valence-corrected chi connectivity index (χ0v) is 13.5. The summed E-state index contributed by atoms with van der Waals surface area (Å²) in [5.41, 5.74) is 6.61. The zero-order chi connectivity index (χ0) is 16.0. The van der Waals surface area contributed by atoms with E-state index in [-0.39, 0.29) is 11.8 Å². The smallest absolute Gasteiger partial charge is 0.230 e. The van der Waals surface area contributed by atoms with E-state index in [1.807, 2.05) is 26.0 Å². The van der Waals surface area contributed by atoms with E-state index in [1.54, 1.807) is 12.1 Å². The number of nitrogens with two attached hydrogens (primary N) is 1. The lowest BCUT2D eigenvalue weighted by molar-refractivity contribution is -0.126. The van der Waals surface area contributed by atoms with E-state index in [1.165, 1.54) is 0 Å². The molecule has 1 atom stereocenters. The molecular formula is C17H28N2O2. The second-order valence-electron chi connectivity index (χ2n) is 6.10. The van der Waals surface area contributed by atoms with E-state index < -0.39 is 11.5 Å². The quantitative estimate of drug-likeness (QED) is 0.676. The van der Waals surface area contributed by atoms with Crippen molar-refractivity contribution in [1.29, 1.82) is 0 Å². The highest BCUT2D eigenvalue weighted by atomic mass is 16.3. The number of anilines is 1. The van der Waals surface area contributed by atoms with Crippen molar-refractivity contribution in [2.75, 3.05) is 12.3 Å². The van der Waals surface area contributed by atoms with Crippen LogP contribution in [0.3, 0.4) is 0 Å². The number of hydrogen-bond donors (Lipinski definition) is 3. The Morgan fingerprint density at radius 1 is 1.24 bits per heavy atom. The second kappa shape index (κ2) is 7.46. The molecule has 4 nitrogen and oxygen atoms in total. The third kappa shape index (κ3) is 4.46. The molecule has 1 unspecified atom stereocenters. The minimum absolute atomic E-state index is 0.0859. The van der Waals surface area contributed by atoms with Crippen LogP contribution < -0.4 is 11.1 Å². The van der Waals surface area contributed by atoms with Crippen molar-refractivity contribution in [2.24, 2.45) is 5.92 Å². The largest absolute Gasteiger partial charge is 0.399 e. The molecule has 4 N–H and O–H groups in total. The number of amides is 1. The second-order valence-corrected chi connectivity index (χ2v) is 6.10. The van der Waals surface area contributed by atoms with Gasteiger partial charge in [-0.3, -0.25) is 4.79 Å². The maximum absolute atomic E-state index is 12.4. The number of hydrogen-bond acceptors (Lipinski definition) is 3. The van der Waals surface area contributed by atoms with E-state index in [0.29, 0.717) is 12.2 Å². The van der Waals surface area contributed by atoms with Crippen LogP contribution in [0.5, 0.6) is 0 Å². The predicted octanol–water partition coefficient (Wildman–Crippen LogP) is 2.46. The summed E-state index contributed by atoms with van der Waals surface area (Å²) in [4.78, 5) is 12.4. The molecule has 0 fully saturated rings. The predicted molar refractivity (Wildman–Crippen MR) is 87.0 cm³/mol. The van der Waals surface area contributed by atoms with Crippen molar-refractivity contribution in [2.45, 2.75) is 52.1 Å². The molecule has 0 aromatic heterocycles. The summed E-state index contributed by atoms with van der Waals surface area (Å²) in [6.07, 6.45) is 1.33. The first-order valence-corrected chi connectivity index (χ1v) is 7.65. The number of benzene rings is 1. The van der Waals surface area contributed by atoms with Crippen LogP contribution in [0.4, 0.5) is 5.69 Å². The maximum atomic E-state index is 12.4. The summed E-state index contributed by atoms with van der Waals surface area (Å²) < 4.78 is 0. The lowest BCUT2D eigenvalue weighted by atomic mass is 9.83. The third-order valence-electron chi connectivity index (χ3n) is 4.26. The molecule has 0 aliphatic carbocycles. The van der Waals surface area contributed by atoms with Crippen molar-refractivity contribution >= 4 is 11.6 Å². The molecule has 4 heteroatoms. The summed E-state index contributed by atoms with van der Waals surface area (Å²) >= 11 is 0. The summed E-state index contributed by atoms with van der Waals surface area (Å²) in [6, 6.07) is 7.32.